The lowest BCUT2D eigenvalue weighted by Crippen LogP contribution is -2.19. The first-order chi connectivity index (χ1) is 6.31. The largest absolute Gasteiger partial charge is 0.466 e. The van der Waals surface area contributed by atoms with Gasteiger partial charge >= 0.3 is 5.97 Å². The van der Waals surface area contributed by atoms with E-state index < -0.39 is 0 Å². The summed E-state index contributed by atoms with van der Waals surface area (Å²) >= 11 is 0. The third-order valence-corrected chi connectivity index (χ3v) is 1.82. The SMILES string of the molecule is COC(=O)C1=CN=C2C=NN=C2C1. The summed E-state index contributed by atoms with van der Waals surface area (Å²) in [7, 11) is 1.34. The third-order valence-electron chi connectivity index (χ3n) is 1.82. The Hall–Kier alpha value is -1.78. The fraction of sp³-hybridized carbons (Fsp3) is 0.250. The van der Waals surface area contributed by atoms with E-state index in [1.807, 2.05) is 0 Å². The molecule has 0 N–H and O–H groups in total. The average molecular weight is 177 g/mol. The van der Waals surface area contributed by atoms with Crippen molar-refractivity contribution < 1.29 is 9.53 Å². The summed E-state index contributed by atoms with van der Waals surface area (Å²) in [5, 5.41) is 7.53. The van der Waals surface area contributed by atoms with Gasteiger partial charge in [0.15, 0.2) is 0 Å². The van der Waals surface area contributed by atoms with Gasteiger partial charge in [-0.3, -0.25) is 4.99 Å². The Morgan fingerprint density at radius 3 is 3.23 bits per heavy atom. The first kappa shape index (κ1) is 7.85. The molecule has 66 valence electrons. The summed E-state index contributed by atoms with van der Waals surface area (Å²) < 4.78 is 4.57. The number of esters is 1. The number of methoxy groups -OCH3 is 1. The molecule has 2 heterocycles. The molecule has 0 aromatic rings. The van der Waals surface area contributed by atoms with E-state index in [4.69, 9.17) is 0 Å². The molecule has 2 aliphatic heterocycles. The lowest BCUT2D eigenvalue weighted by atomic mass is 10.0. The van der Waals surface area contributed by atoms with Crippen LogP contribution in [0, 0.1) is 0 Å². The number of aliphatic imine (C=N–C) groups is 1. The third kappa shape index (κ3) is 1.28. The smallest absolute Gasteiger partial charge is 0.335 e. The highest BCUT2D eigenvalue weighted by Gasteiger charge is 2.21. The van der Waals surface area contributed by atoms with Crippen LogP contribution in [0.3, 0.4) is 0 Å². The van der Waals surface area contributed by atoms with Crippen molar-refractivity contribution in [1.29, 1.82) is 0 Å². The molecule has 0 bridgehead atoms. The molecule has 0 aromatic heterocycles. The molecule has 0 fully saturated rings. The highest BCUT2D eigenvalue weighted by atomic mass is 16.5. The van der Waals surface area contributed by atoms with Crippen molar-refractivity contribution >= 4 is 23.6 Å². The van der Waals surface area contributed by atoms with E-state index in [0.29, 0.717) is 12.0 Å². The van der Waals surface area contributed by atoms with Crippen LogP contribution in [0.5, 0.6) is 0 Å². The molecular weight excluding hydrogens is 170 g/mol. The van der Waals surface area contributed by atoms with Gasteiger partial charge in [0.1, 0.15) is 5.71 Å². The van der Waals surface area contributed by atoms with Crippen LogP contribution in [-0.2, 0) is 9.53 Å². The quantitative estimate of drug-likeness (QED) is 0.542. The van der Waals surface area contributed by atoms with Crippen molar-refractivity contribution in [2.24, 2.45) is 15.2 Å². The Labute approximate surface area is 74.5 Å². The van der Waals surface area contributed by atoms with Gasteiger partial charge < -0.3 is 4.74 Å². The number of fused-ring (bicyclic) bond motifs is 1. The Bertz CT molecular complexity index is 377. The topological polar surface area (TPSA) is 63.4 Å². The maximum atomic E-state index is 11.1. The summed E-state index contributed by atoms with van der Waals surface area (Å²) in [6.07, 6.45) is 3.52. The second-order valence-electron chi connectivity index (χ2n) is 2.63. The van der Waals surface area contributed by atoms with Gasteiger partial charge in [0, 0.05) is 12.6 Å². The minimum absolute atomic E-state index is 0.364. The second kappa shape index (κ2) is 2.93. The van der Waals surface area contributed by atoms with Crippen LogP contribution < -0.4 is 0 Å². The maximum absolute atomic E-state index is 11.1. The van der Waals surface area contributed by atoms with Crippen LogP contribution in [-0.4, -0.2) is 30.7 Å². The summed E-state index contributed by atoms with van der Waals surface area (Å²) in [5.41, 5.74) is 1.96. The average Bonchev–Trinajstić information content (AvgIpc) is 2.63. The summed E-state index contributed by atoms with van der Waals surface area (Å²) in [4.78, 5) is 15.1. The second-order valence-corrected chi connectivity index (χ2v) is 2.63. The van der Waals surface area contributed by atoms with E-state index >= 15 is 0 Å². The zero-order valence-corrected chi connectivity index (χ0v) is 7.02. The lowest BCUT2D eigenvalue weighted by Gasteiger charge is -2.08. The molecule has 0 saturated carbocycles. The van der Waals surface area contributed by atoms with Crippen molar-refractivity contribution in [3.05, 3.63) is 11.8 Å². The highest BCUT2D eigenvalue weighted by molar-refractivity contribution is 6.65. The van der Waals surface area contributed by atoms with E-state index in [2.05, 4.69) is 19.9 Å². The van der Waals surface area contributed by atoms with Gasteiger partial charge in [-0.1, -0.05) is 0 Å². The minimum atomic E-state index is -0.364. The van der Waals surface area contributed by atoms with Crippen molar-refractivity contribution in [3.63, 3.8) is 0 Å². The molecule has 2 aliphatic rings. The van der Waals surface area contributed by atoms with Gasteiger partial charge in [0.05, 0.1) is 24.6 Å². The van der Waals surface area contributed by atoms with Crippen molar-refractivity contribution in [2.45, 2.75) is 6.42 Å². The normalized spacial score (nSPS) is 18.7. The lowest BCUT2D eigenvalue weighted by molar-refractivity contribution is -0.136. The summed E-state index contributed by atoms with van der Waals surface area (Å²) in [6, 6.07) is 0. The fourth-order valence-electron chi connectivity index (χ4n) is 1.14. The van der Waals surface area contributed by atoms with Crippen LogP contribution in [0.15, 0.2) is 27.0 Å². The molecule has 5 heteroatoms. The molecule has 0 saturated heterocycles. The van der Waals surface area contributed by atoms with Gasteiger partial charge in [0.25, 0.3) is 0 Å². The van der Waals surface area contributed by atoms with Gasteiger partial charge in [-0.15, -0.1) is 0 Å². The molecule has 0 atom stereocenters. The Balaban J connectivity index is 2.25. The molecular formula is C8H7N3O2. The first-order valence-corrected chi connectivity index (χ1v) is 3.76. The molecule has 2 rings (SSSR count). The molecule has 0 amide bonds. The van der Waals surface area contributed by atoms with E-state index in [9.17, 15) is 4.79 Å². The standard InChI is InChI=1S/C8H7N3O2/c1-13-8(12)5-2-6-7(9-3-5)4-10-11-6/h3-4H,2H2,1H3. The van der Waals surface area contributed by atoms with Crippen LogP contribution in [0.25, 0.3) is 0 Å². The molecule has 0 unspecified atom stereocenters. The fourth-order valence-corrected chi connectivity index (χ4v) is 1.14. The minimum Gasteiger partial charge on any atom is -0.466 e. The first-order valence-electron chi connectivity index (χ1n) is 3.76. The van der Waals surface area contributed by atoms with Gasteiger partial charge in [-0.2, -0.15) is 10.2 Å². The molecule has 0 aromatic carbocycles. The van der Waals surface area contributed by atoms with Crippen LogP contribution >= 0.6 is 0 Å². The van der Waals surface area contributed by atoms with Crippen LogP contribution in [0.1, 0.15) is 6.42 Å². The van der Waals surface area contributed by atoms with E-state index in [-0.39, 0.29) is 5.97 Å². The number of hydrogen-bond acceptors (Lipinski definition) is 5. The number of nitrogens with zero attached hydrogens (tertiary/aromatic N) is 3. The Morgan fingerprint density at radius 2 is 2.46 bits per heavy atom. The maximum Gasteiger partial charge on any atom is 0.335 e. The number of carbonyl (C=O) groups excluding carboxylic acids is 1. The molecule has 5 nitrogen and oxygen atoms in total. The monoisotopic (exact) mass is 177 g/mol. The highest BCUT2D eigenvalue weighted by Crippen LogP contribution is 2.14. The number of hydrogen-bond donors (Lipinski definition) is 0. The van der Waals surface area contributed by atoms with Crippen molar-refractivity contribution in [3.8, 4) is 0 Å². The van der Waals surface area contributed by atoms with Gasteiger partial charge in [0.2, 0.25) is 0 Å². The van der Waals surface area contributed by atoms with Crippen LogP contribution in [0.2, 0.25) is 0 Å². The Kier molecular flexibility index (Phi) is 1.77. The zero-order chi connectivity index (χ0) is 9.26. The predicted octanol–water partition coefficient (Wildman–Crippen LogP) is 0.328. The summed E-state index contributed by atoms with van der Waals surface area (Å²) in [6.45, 7) is 0. The van der Waals surface area contributed by atoms with Crippen molar-refractivity contribution in [2.75, 3.05) is 7.11 Å². The zero-order valence-electron chi connectivity index (χ0n) is 7.02. The van der Waals surface area contributed by atoms with Crippen molar-refractivity contribution in [1.82, 2.24) is 0 Å². The Morgan fingerprint density at radius 1 is 1.62 bits per heavy atom. The van der Waals surface area contributed by atoms with E-state index in [1.165, 1.54) is 13.3 Å². The number of ether oxygens (including phenoxy) is 1. The molecule has 0 spiro atoms. The number of rotatable bonds is 1. The molecule has 13 heavy (non-hydrogen) atoms. The van der Waals surface area contributed by atoms with E-state index in [1.54, 1.807) is 6.21 Å². The van der Waals surface area contributed by atoms with E-state index in [0.717, 1.165) is 11.4 Å². The predicted molar refractivity (Wildman–Crippen MR) is 48.1 cm³/mol. The molecule has 0 aliphatic carbocycles. The van der Waals surface area contributed by atoms with Crippen LogP contribution in [0.4, 0.5) is 0 Å². The molecule has 0 radical (unpaired) electrons. The number of carbonyl (C=O) groups is 1. The van der Waals surface area contributed by atoms with Gasteiger partial charge in [-0.05, 0) is 0 Å². The van der Waals surface area contributed by atoms with Gasteiger partial charge in [-0.25, -0.2) is 4.79 Å². The summed E-state index contributed by atoms with van der Waals surface area (Å²) in [5.74, 6) is -0.364.